The van der Waals surface area contributed by atoms with Gasteiger partial charge in [0.15, 0.2) is 3.77 Å². The summed E-state index contributed by atoms with van der Waals surface area (Å²) in [6.07, 6.45) is 2.94. The van der Waals surface area contributed by atoms with E-state index < -0.39 is 6.03 Å². The van der Waals surface area contributed by atoms with Crippen molar-refractivity contribution in [1.29, 1.82) is 0 Å². The average Bonchev–Trinajstić information content (AvgIpc) is 2.82. The van der Waals surface area contributed by atoms with Crippen molar-refractivity contribution in [2.45, 2.75) is 0 Å². The summed E-state index contributed by atoms with van der Waals surface area (Å²) in [5, 5.41) is 5.10. The van der Waals surface area contributed by atoms with Crippen LogP contribution in [0, 0.1) is 3.77 Å². The lowest BCUT2D eigenvalue weighted by atomic mass is 10.2. The number of nitrogens with two attached hydrogens (primary N) is 1. The normalized spacial score (nSPS) is 10.5. The Morgan fingerprint density at radius 3 is 2.48 bits per heavy atom. The van der Waals surface area contributed by atoms with E-state index in [1.807, 2.05) is 22.6 Å². The van der Waals surface area contributed by atoms with Gasteiger partial charge in [-0.3, -0.25) is 4.79 Å². The minimum Gasteiger partial charge on any atom is -0.451 e. The van der Waals surface area contributed by atoms with E-state index in [-0.39, 0.29) is 5.91 Å². The van der Waals surface area contributed by atoms with E-state index in [1.54, 1.807) is 42.5 Å². The molecule has 0 aliphatic rings. The highest BCUT2D eigenvalue weighted by molar-refractivity contribution is 14.1. The molecule has 6 nitrogen and oxygen atoms in total. The molecule has 1 aromatic carbocycles. The number of halogens is 1. The van der Waals surface area contributed by atoms with Crippen molar-refractivity contribution in [2.24, 2.45) is 5.73 Å². The van der Waals surface area contributed by atoms with Gasteiger partial charge in [-0.1, -0.05) is 6.07 Å². The first-order chi connectivity index (χ1) is 10.0. The fraction of sp³-hybridized carbons (Fsp3) is 0. The van der Waals surface area contributed by atoms with Crippen LogP contribution in [-0.4, -0.2) is 11.9 Å². The minimum atomic E-state index is -0.661. The molecule has 0 saturated heterocycles. The van der Waals surface area contributed by atoms with Gasteiger partial charge in [-0.15, -0.1) is 0 Å². The van der Waals surface area contributed by atoms with Crippen molar-refractivity contribution < 1.29 is 14.0 Å². The maximum absolute atomic E-state index is 11.8. The Morgan fingerprint density at radius 2 is 1.86 bits per heavy atom. The third kappa shape index (κ3) is 4.95. The quantitative estimate of drug-likeness (QED) is 0.547. The molecule has 108 valence electrons. The van der Waals surface area contributed by atoms with Gasteiger partial charge in [0.2, 0.25) is 5.91 Å². The number of urea groups is 1. The fourth-order valence-corrected chi connectivity index (χ4v) is 2.01. The van der Waals surface area contributed by atoms with Gasteiger partial charge in [0, 0.05) is 17.5 Å². The number of anilines is 2. The number of primary amides is 1. The van der Waals surface area contributed by atoms with Crippen LogP contribution in [0.3, 0.4) is 0 Å². The van der Waals surface area contributed by atoms with Crippen LogP contribution in [0.5, 0.6) is 0 Å². The Balaban J connectivity index is 1.99. The number of hydrogen-bond acceptors (Lipinski definition) is 3. The van der Waals surface area contributed by atoms with E-state index in [4.69, 9.17) is 10.2 Å². The average molecular weight is 397 g/mol. The zero-order valence-electron chi connectivity index (χ0n) is 10.8. The zero-order chi connectivity index (χ0) is 15.2. The number of furan rings is 1. The Hall–Kier alpha value is -2.29. The highest BCUT2D eigenvalue weighted by atomic mass is 127. The molecule has 2 rings (SSSR count). The molecule has 1 aromatic heterocycles. The molecule has 0 spiro atoms. The Morgan fingerprint density at radius 1 is 1.14 bits per heavy atom. The van der Waals surface area contributed by atoms with Crippen LogP contribution in [-0.2, 0) is 4.79 Å². The molecule has 1 heterocycles. The molecule has 0 bridgehead atoms. The molecular weight excluding hydrogens is 385 g/mol. The SMILES string of the molecule is NC(=O)Nc1cccc(NC(=O)/C=C/c2ccc(I)o2)c1. The lowest BCUT2D eigenvalue weighted by Gasteiger charge is -2.05. The van der Waals surface area contributed by atoms with Gasteiger partial charge in [0.05, 0.1) is 0 Å². The summed E-state index contributed by atoms with van der Waals surface area (Å²) in [6.45, 7) is 0. The maximum Gasteiger partial charge on any atom is 0.316 e. The minimum absolute atomic E-state index is 0.308. The van der Waals surface area contributed by atoms with Crippen LogP contribution in [0.25, 0.3) is 6.08 Å². The van der Waals surface area contributed by atoms with Gasteiger partial charge in [-0.05, 0) is 59.0 Å². The molecule has 0 unspecified atom stereocenters. The van der Waals surface area contributed by atoms with Crippen molar-refractivity contribution in [1.82, 2.24) is 0 Å². The summed E-state index contributed by atoms with van der Waals surface area (Å²) in [7, 11) is 0. The number of rotatable bonds is 4. The second-order valence-electron chi connectivity index (χ2n) is 4.03. The molecule has 0 radical (unpaired) electrons. The van der Waals surface area contributed by atoms with E-state index in [1.165, 1.54) is 6.08 Å². The summed E-state index contributed by atoms with van der Waals surface area (Å²) < 4.78 is 6.05. The summed E-state index contributed by atoms with van der Waals surface area (Å²) in [5.41, 5.74) is 6.08. The van der Waals surface area contributed by atoms with Gasteiger partial charge in [-0.25, -0.2) is 4.79 Å². The van der Waals surface area contributed by atoms with E-state index in [0.717, 1.165) is 3.77 Å². The number of carbonyl (C=O) groups excluding carboxylic acids is 2. The lowest BCUT2D eigenvalue weighted by Crippen LogP contribution is -2.19. The third-order valence-electron chi connectivity index (χ3n) is 2.39. The number of amides is 3. The molecule has 4 N–H and O–H groups in total. The van der Waals surface area contributed by atoms with E-state index in [9.17, 15) is 9.59 Å². The van der Waals surface area contributed by atoms with Crippen LogP contribution in [0.2, 0.25) is 0 Å². The lowest BCUT2D eigenvalue weighted by molar-refractivity contribution is -0.111. The molecule has 3 amide bonds. The predicted octanol–water partition coefficient (Wildman–Crippen LogP) is 3.03. The summed E-state index contributed by atoms with van der Waals surface area (Å²) in [6, 6.07) is 9.58. The number of carbonyl (C=O) groups is 2. The van der Waals surface area contributed by atoms with Crippen molar-refractivity contribution in [3.8, 4) is 0 Å². The number of benzene rings is 1. The first-order valence-electron chi connectivity index (χ1n) is 5.94. The predicted molar refractivity (Wildman–Crippen MR) is 88.7 cm³/mol. The van der Waals surface area contributed by atoms with Gasteiger partial charge in [-0.2, -0.15) is 0 Å². The topological polar surface area (TPSA) is 97.4 Å². The van der Waals surface area contributed by atoms with Crippen LogP contribution in [0.15, 0.2) is 46.9 Å². The fourth-order valence-electron chi connectivity index (χ4n) is 1.58. The Kier molecular flexibility index (Phi) is 4.99. The Labute approximate surface area is 134 Å². The molecule has 7 heteroatoms. The van der Waals surface area contributed by atoms with Crippen LogP contribution >= 0.6 is 22.6 Å². The van der Waals surface area contributed by atoms with Gasteiger partial charge in [0.25, 0.3) is 0 Å². The van der Waals surface area contributed by atoms with Crippen LogP contribution in [0.1, 0.15) is 5.76 Å². The first-order valence-corrected chi connectivity index (χ1v) is 7.02. The van der Waals surface area contributed by atoms with Crippen molar-refractivity contribution in [3.05, 3.63) is 52.0 Å². The largest absolute Gasteiger partial charge is 0.451 e. The van der Waals surface area contributed by atoms with Crippen LogP contribution in [0.4, 0.5) is 16.2 Å². The van der Waals surface area contributed by atoms with E-state index >= 15 is 0 Å². The summed E-state index contributed by atoms with van der Waals surface area (Å²) in [4.78, 5) is 22.5. The second kappa shape index (κ2) is 6.93. The number of hydrogen-bond donors (Lipinski definition) is 3. The third-order valence-corrected chi connectivity index (χ3v) is 2.97. The highest BCUT2D eigenvalue weighted by Gasteiger charge is 2.01. The first kappa shape index (κ1) is 15.1. The summed E-state index contributed by atoms with van der Waals surface area (Å²) in [5.74, 6) is 0.288. The molecule has 0 aliphatic heterocycles. The molecule has 0 aliphatic carbocycles. The van der Waals surface area contributed by atoms with E-state index in [0.29, 0.717) is 17.1 Å². The molecule has 2 aromatic rings. The standard InChI is InChI=1S/C14H12IN3O3/c15-12-6-4-11(21-12)5-7-13(19)17-9-2-1-3-10(8-9)18-14(16)20/h1-8H,(H,17,19)(H3,16,18,20)/b7-5+. The second-order valence-corrected chi connectivity index (χ2v) is 5.10. The molecule has 0 saturated carbocycles. The van der Waals surface area contributed by atoms with Crippen molar-refractivity contribution in [2.75, 3.05) is 10.6 Å². The molecule has 0 fully saturated rings. The van der Waals surface area contributed by atoms with Crippen molar-refractivity contribution >= 4 is 52.0 Å². The molecule has 21 heavy (non-hydrogen) atoms. The zero-order valence-corrected chi connectivity index (χ0v) is 13.0. The van der Waals surface area contributed by atoms with Gasteiger partial charge < -0.3 is 20.8 Å². The maximum atomic E-state index is 11.8. The van der Waals surface area contributed by atoms with E-state index in [2.05, 4.69) is 10.6 Å². The smallest absolute Gasteiger partial charge is 0.316 e. The van der Waals surface area contributed by atoms with Gasteiger partial charge >= 0.3 is 6.03 Å². The highest BCUT2D eigenvalue weighted by Crippen LogP contribution is 2.15. The molecule has 0 atom stereocenters. The summed E-state index contributed by atoms with van der Waals surface area (Å²) >= 11 is 2.04. The number of nitrogens with one attached hydrogen (secondary N) is 2. The van der Waals surface area contributed by atoms with Gasteiger partial charge in [0.1, 0.15) is 5.76 Å². The molecular formula is C14H12IN3O3. The Bertz CT molecular complexity index is 694. The van der Waals surface area contributed by atoms with Crippen molar-refractivity contribution in [3.63, 3.8) is 0 Å². The van der Waals surface area contributed by atoms with Crippen LogP contribution < -0.4 is 16.4 Å². The monoisotopic (exact) mass is 397 g/mol.